The average Bonchev–Trinajstić information content (AvgIpc) is 2.51. The van der Waals surface area contributed by atoms with Gasteiger partial charge in [0.05, 0.1) is 12.7 Å². The van der Waals surface area contributed by atoms with Gasteiger partial charge in [-0.15, -0.1) is 0 Å². The van der Waals surface area contributed by atoms with E-state index in [1.807, 2.05) is 31.2 Å². The van der Waals surface area contributed by atoms with Gasteiger partial charge >= 0.3 is 0 Å². The third kappa shape index (κ3) is 6.26. The molecule has 1 aliphatic heterocycles. The van der Waals surface area contributed by atoms with Gasteiger partial charge < -0.3 is 29.9 Å². The minimum Gasteiger partial charge on any atom is -0.508 e. The van der Waals surface area contributed by atoms with E-state index in [9.17, 15) is 10.2 Å². The van der Waals surface area contributed by atoms with E-state index in [1.165, 1.54) is 6.07 Å². The molecule has 136 valence electrons. The third-order valence-corrected chi connectivity index (χ3v) is 3.60. The summed E-state index contributed by atoms with van der Waals surface area (Å²) in [6.07, 6.45) is -1.79. The van der Waals surface area contributed by atoms with Crippen LogP contribution in [0.3, 0.4) is 0 Å². The number of phenols is 2. The highest BCUT2D eigenvalue weighted by molar-refractivity contribution is 5.35. The van der Waals surface area contributed by atoms with E-state index < -0.39 is 18.5 Å². The maximum absolute atomic E-state index is 9.65. The molecular weight excluding hydrogens is 324 g/mol. The Bertz CT molecular complexity index is 620. The van der Waals surface area contributed by atoms with Crippen molar-refractivity contribution in [2.75, 3.05) is 6.61 Å². The number of aryl methyl sites for hydroxylation is 2. The Kier molecular flexibility index (Phi) is 6.64. The predicted octanol–water partition coefficient (Wildman–Crippen LogP) is 2.25. The number of rotatable bonds is 2. The van der Waals surface area contributed by atoms with Crippen molar-refractivity contribution in [2.45, 2.75) is 38.8 Å². The van der Waals surface area contributed by atoms with Crippen molar-refractivity contribution in [3.8, 4) is 17.2 Å². The fourth-order valence-corrected chi connectivity index (χ4v) is 2.38. The van der Waals surface area contributed by atoms with Crippen LogP contribution in [0.5, 0.6) is 17.2 Å². The van der Waals surface area contributed by atoms with Gasteiger partial charge in [-0.25, -0.2) is 0 Å². The molecule has 0 radical (unpaired) electrons. The van der Waals surface area contributed by atoms with Crippen LogP contribution in [-0.4, -0.2) is 45.5 Å². The standard InChI is InChI=1S/C12H16O4.C7H8O2/c1-8-2-4-10(5-3-8)16-12-11(14)6-9(13)7-15-12;1-5-2-6(8)4-7(9)3-5/h2-5,9,11-14H,6-7H2,1H3;2-4,8-9H,1H3/t9-,11?,12?;/m0./s1. The molecule has 1 aliphatic rings. The zero-order chi connectivity index (χ0) is 18.4. The monoisotopic (exact) mass is 348 g/mol. The van der Waals surface area contributed by atoms with Crippen LogP contribution >= 0.6 is 0 Å². The Balaban J connectivity index is 0.000000212. The number of aliphatic hydroxyl groups is 2. The third-order valence-electron chi connectivity index (χ3n) is 3.60. The Morgan fingerprint density at radius 1 is 0.920 bits per heavy atom. The quantitative estimate of drug-likeness (QED) is 0.664. The minimum absolute atomic E-state index is 0.104. The SMILES string of the molecule is Cc1cc(O)cc(O)c1.Cc1ccc(OC2OC[C@@H](O)CC2O)cc1. The lowest BCUT2D eigenvalue weighted by Crippen LogP contribution is -2.44. The van der Waals surface area contributed by atoms with Crippen molar-refractivity contribution in [2.24, 2.45) is 0 Å². The molecule has 2 aromatic rings. The van der Waals surface area contributed by atoms with Gasteiger partial charge in [0.15, 0.2) is 0 Å². The number of hydrogen-bond donors (Lipinski definition) is 4. The first-order chi connectivity index (χ1) is 11.8. The van der Waals surface area contributed by atoms with Crippen LogP contribution in [0.25, 0.3) is 0 Å². The molecule has 0 aromatic heterocycles. The van der Waals surface area contributed by atoms with E-state index in [-0.39, 0.29) is 24.5 Å². The van der Waals surface area contributed by atoms with Crippen molar-refractivity contribution < 1.29 is 29.9 Å². The second-order valence-corrected chi connectivity index (χ2v) is 6.12. The molecular formula is C19H24O6. The topological polar surface area (TPSA) is 99.4 Å². The highest BCUT2D eigenvalue weighted by Crippen LogP contribution is 2.20. The molecule has 0 bridgehead atoms. The summed E-state index contributed by atoms with van der Waals surface area (Å²) in [5.74, 6) is 0.867. The van der Waals surface area contributed by atoms with Crippen molar-refractivity contribution in [3.63, 3.8) is 0 Å². The normalized spacial score (nSPS) is 22.6. The second-order valence-electron chi connectivity index (χ2n) is 6.12. The van der Waals surface area contributed by atoms with E-state index in [4.69, 9.17) is 19.7 Å². The minimum atomic E-state index is -0.787. The summed E-state index contributed by atoms with van der Waals surface area (Å²) in [7, 11) is 0. The second kappa shape index (κ2) is 8.71. The van der Waals surface area contributed by atoms with E-state index in [0.29, 0.717) is 5.75 Å². The van der Waals surface area contributed by atoms with Gasteiger partial charge in [0.1, 0.15) is 23.4 Å². The maximum atomic E-state index is 9.65. The van der Waals surface area contributed by atoms with Crippen LogP contribution in [-0.2, 0) is 4.74 Å². The Hall–Kier alpha value is -2.28. The molecule has 1 saturated heterocycles. The molecule has 2 aromatic carbocycles. The van der Waals surface area contributed by atoms with Crippen molar-refractivity contribution in [1.82, 2.24) is 0 Å². The zero-order valence-electron chi connectivity index (χ0n) is 14.3. The van der Waals surface area contributed by atoms with Crippen LogP contribution in [0.2, 0.25) is 0 Å². The summed E-state index contributed by atoms with van der Waals surface area (Å²) >= 11 is 0. The van der Waals surface area contributed by atoms with Crippen molar-refractivity contribution in [1.29, 1.82) is 0 Å². The van der Waals surface area contributed by atoms with Gasteiger partial charge in [-0.2, -0.15) is 0 Å². The van der Waals surface area contributed by atoms with E-state index in [0.717, 1.165) is 11.1 Å². The summed E-state index contributed by atoms with van der Waals surface area (Å²) in [4.78, 5) is 0. The highest BCUT2D eigenvalue weighted by atomic mass is 16.7. The Morgan fingerprint density at radius 3 is 2.04 bits per heavy atom. The lowest BCUT2D eigenvalue weighted by molar-refractivity contribution is -0.198. The molecule has 3 atom stereocenters. The van der Waals surface area contributed by atoms with Crippen molar-refractivity contribution >= 4 is 0 Å². The zero-order valence-corrected chi connectivity index (χ0v) is 14.3. The summed E-state index contributed by atoms with van der Waals surface area (Å²) in [6.45, 7) is 4.00. The van der Waals surface area contributed by atoms with Gasteiger partial charge in [-0.1, -0.05) is 17.7 Å². The van der Waals surface area contributed by atoms with Crippen LogP contribution in [0.15, 0.2) is 42.5 Å². The first-order valence-electron chi connectivity index (χ1n) is 8.04. The Labute approximate surface area is 146 Å². The molecule has 2 unspecified atom stereocenters. The molecule has 6 heteroatoms. The van der Waals surface area contributed by atoms with E-state index >= 15 is 0 Å². The summed E-state index contributed by atoms with van der Waals surface area (Å²) in [6, 6.07) is 12.0. The highest BCUT2D eigenvalue weighted by Gasteiger charge is 2.30. The van der Waals surface area contributed by atoms with Crippen LogP contribution in [0.1, 0.15) is 17.5 Å². The fourth-order valence-electron chi connectivity index (χ4n) is 2.38. The molecule has 6 nitrogen and oxygen atoms in total. The molecule has 0 amide bonds. The largest absolute Gasteiger partial charge is 0.508 e. The number of phenolic OH excluding ortho intramolecular Hbond substituents is 2. The van der Waals surface area contributed by atoms with Gasteiger partial charge in [0, 0.05) is 12.5 Å². The molecule has 25 heavy (non-hydrogen) atoms. The molecule has 3 rings (SSSR count). The number of aliphatic hydroxyl groups excluding tert-OH is 2. The van der Waals surface area contributed by atoms with Crippen molar-refractivity contribution in [3.05, 3.63) is 53.6 Å². The average molecular weight is 348 g/mol. The molecule has 1 heterocycles. The molecule has 0 aliphatic carbocycles. The molecule has 0 spiro atoms. The number of benzene rings is 2. The summed E-state index contributed by atoms with van der Waals surface area (Å²) in [5.41, 5.74) is 2.00. The van der Waals surface area contributed by atoms with Gasteiger partial charge in [-0.3, -0.25) is 0 Å². The number of aromatic hydroxyl groups is 2. The predicted molar refractivity (Wildman–Crippen MR) is 92.7 cm³/mol. The first kappa shape index (κ1) is 19.1. The van der Waals surface area contributed by atoms with Crippen LogP contribution < -0.4 is 4.74 Å². The number of hydrogen-bond acceptors (Lipinski definition) is 6. The summed E-state index contributed by atoms with van der Waals surface area (Å²) < 4.78 is 10.7. The van der Waals surface area contributed by atoms with Crippen LogP contribution in [0, 0.1) is 13.8 Å². The fraction of sp³-hybridized carbons (Fsp3) is 0.368. The van der Waals surface area contributed by atoms with Crippen LogP contribution in [0.4, 0.5) is 0 Å². The van der Waals surface area contributed by atoms with Gasteiger partial charge in [0.2, 0.25) is 6.29 Å². The molecule has 0 saturated carbocycles. The lowest BCUT2D eigenvalue weighted by atomic mass is 10.1. The van der Waals surface area contributed by atoms with E-state index in [2.05, 4.69) is 0 Å². The lowest BCUT2D eigenvalue weighted by Gasteiger charge is -2.31. The van der Waals surface area contributed by atoms with E-state index in [1.54, 1.807) is 19.1 Å². The van der Waals surface area contributed by atoms with Gasteiger partial charge in [0.25, 0.3) is 0 Å². The number of ether oxygens (including phenoxy) is 2. The van der Waals surface area contributed by atoms with Gasteiger partial charge in [-0.05, 0) is 43.7 Å². The molecule has 1 fully saturated rings. The summed E-state index contributed by atoms with van der Waals surface area (Å²) in [5, 5.41) is 36.6. The smallest absolute Gasteiger partial charge is 0.226 e. The first-order valence-corrected chi connectivity index (χ1v) is 8.04. The molecule has 4 N–H and O–H groups in total. The Morgan fingerprint density at radius 2 is 1.52 bits per heavy atom. The maximum Gasteiger partial charge on any atom is 0.226 e.